The molecule has 0 atom stereocenters. The lowest BCUT2D eigenvalue weighted by Crippen LogP contribution is -2.52. The molecule has 0 bridgehead atoms. The Morgan fingerprint density at radius 1 is 1.03 bits per heavy atom. The van der Waals surface area contributed by atoms with Crippen molar-refractivity contribution in [1.82, 2.24) is 14.7 Å². The summed E-state index contributed by atoms with van der Waals surface area (Å²) < 4.78 is 0. The monoisotopic (exact) mass is 403 g/mol. The van der Waals surface area contributed by atoms with Crippen molar-refractivity contribution < 1.29 is 14.5 Å². The number of non-ortho nitro benzene ring substituents is 1. The maximum absolute atomic E-state index is 12.8. The summed E-state index contributed by atoms with van der Waals surface area (Å²) in [5, 5.41) is 11.0. The van der Waals surface area contributed by atoms with Crippen LogP contribution in [-0.2, 0) is 16.0 Å². The quantitative estimate of drug-likeness (QED) is 0.498. The van der Waals surface area contributed by atoms with Gasteiger partial charge in [-0.15, -0.1) is 0 Å². The molecule has 1 aromatic carbocycles. The van der Waals surface area contributed by atoms with E-state index in [2.05, 4.69) is 9.80 Å². The molecule has 3 rings (SSSR count). The Morgan fingerprint density at radius 3 is 2.24 bits per heavy atom. The van der Waals surface area contributed by atoms with E-state index < -0.39 is 4.92 Å². The number of nitrogens with zero attached hydrogens (tertiary/aromatic N) is 5. The molecule has 0 unspecified atom stereocenters. The molecule has 0 aromatic heterocycles. The molecule has 2 aliphatic rings. The summed E-state index contributed by atoms with van der Waals surface area (Å²) in [6.45, 7) is 9.65. The molecule has 0 N–H and O–H groups in total. The van der Waals surface area contributed by atoms with Gasteiger partial charge in [-0.25, -0.2) is 0 Å². The van der Waals surface area contributed by atoms with E-state index in [4.69, 9.17) is 0 Å². The smallest absolute Gasteiger partial charge is 0.271 e. The van der Waals surface area contributed by atoms with Gasteiger partial charge in [0.05, 0.1) is 23.7 Å². The predicted molar refractivity (Wildman–Crippen MR) is 110 cm³/mol. The molecule has 2 heterocycles. The molecule has 9 heteroatoms. The summed E-state index contributed by atoms with van der Waals surface area (Å²) in [5.41, 5.74) is 1.64. The SMILES string of the molecule is CCN(CC)C(=O)CN1CCN(CC(=O)N2CCc3ccc([N+](=O)[O-])cc32)CC1. The molecule has 0 saturated carbocycles. The minimum atomic E-state index is -0.431. The molecular formula is C20H29N5O4. The van der Waals surface area contributed by atoms with E-state index in [1.54, 1.807) is 11.0 Å². The lowest BCUT2D eigenvalue weighted by molar-refractivity contribution is -0.384. The Kier molecular flexibility index (Phi) is 6.81. The van der Waals surface area contributed by atoms with Gasteiger partial charge in [0.15, 0.2) is 0 Å². The van der Waals surface area contributed by atoms with E-state index in [-0.39, 0.29) is 17.5 Å². The minimum Gasteiger partial charge on any atom is -0.342 e. The number of carbonyl (C=O) groups excluding carboxylic acids is 2. The average Bonchev–Trinajstić information content (AvgIpc) is 3.13. The Morgan fingerprint density at radius 2 is 1.66 bits per heavy atom. The van der Waals surface area contributed by atoms with Crippen molar-refractivity contribution in [2.75, 3.05) is 63.8 Å². The first-order valence-corrected chi connectivity index (χ1v) is 10.2. The van der Waals surface area contributed by atoms with Crippen LogP contribution in [0, 0.1) is 10.1 Å². The highest BCUT2D eigenvalue weighted by Gasteiger charge is 2.29. The van der Waals surface area contributed by atoms with Crippen LogP contribution in [0.15, 0.2) is 18.2 Å². The third-order valence-corrected chi connectivity index (χ3v) is 5.78. The van der Waals surface area contributed by atoms with E-state index in [1.807, 2.05) is 18.7 Å². The fraction of sp³-hybridized carbons (Fsp3) is 0.600. The van der Waals surface area contributed by atoms with Gasteiger partial charge in [-0.2, -0.15) is 0 Å². The predicted octanol–water partition coefficient (Wildman–Crippen LogP) is 0.970. The topological polar surface area (TPSA) is 90.2 Å². The highest BCUT2D eigenvalue weighted by Crippen LogP contribution is 2.31. The number of hydrogen-bond acceptors (Lipinski definition) is 6. The van der Waals surface area contributed by atoms with Crippen LogP contribution in [0.4, 0.5) is 11.4 Å². The number of rotatable bonds is 7. The van der Waals surface area contributed by atoms with Gasteiger partial charge in [0.2, 0.25) is 11.8 Å². The van der Waals surface area contributed by atoms with Crippen LogP contribution in [0.3, 0.4) is 0 Å². The van der Waals surface area contributed by atoms with Crippen LogP contribution in [0.5, 0.6) is 0 Å². The van der Waals surface area contributed by atoms with Crippen LogP contribution in [-0.4, -0.2) is 90.3 Å². The number of benzene rings is 1. The Hall–Kier alpha value is -2.52. The van der Waals surface area contributed by atoms with E-state index >= 15 is 0 Å². The zero-order chi connectivity index (χ0) is 21.0. The number of amides is 2. The van der Waals surface area contributed by atoms with Gasteiger partial charge < -0.3 is 9.80 Å². The second kappa shape index (κ2) is 9.32. The summed E-state index contributed by atoms with van der Waals surface area (Å²) in [6, 6.07) is 4.73. The molecule has 1 aromatic rings. The normalized spacial score (nSPS) is 17.2. The maximum Gasteiger partial charge on any atom is 0.271 e. The molecule has 2 aliphatic heterocycles. The Balaban J connectivity index is 1.52. The van der Waals surface area contributed by atoms with Crippen LogP contribution >= 0.6 is 0 Å². The highest BCUT2D eigenvalue weighted by atomic mass is 16.6. The van der Waals surface area contributed by atoms with Crippen LogP contribution in [0.25, 0.3) is 0 Å². The first-order valence-electron chi connectivity index (χ1n) is 10.2. The zero-order valence-electron chi connectivity index (χ0n) is 17.2. The van der Waals surface area contributed by atoms with Crippen LogP contribution in [0.1, 0.15) is 19.4 Å². The van der Waals surface area contributed by atoms with Gasteiger partial charge in [-0.3, -0.25) is 29.5 Å². The molecule has 2 amide bonds. The molecule has 0 radical (unpaired) electrons. The molecule has 0 spiro atoms. The van der Waals surface area contributed by atoms with E-state index in [0.29, 0.717) is 25.3 Å². The molecule has 1 fully saturated rings. The van der Waals surface area contributed by atoms with Gasteiger partial charge in [0.1, 0.15) is 0 Å². The first-order chi connectivity index (χ1) is 13.9. The second-order valence-corrected chi connectivity index (χ2v) is 7.48. The van der Waals surface area contributed by atoms with Gasteiger partial charge in [0, 0.05) is 57.9 Å². The number of likely N-dealkylation sites (N-methyl/N-ethyl adjacent to an activating group) is 1. The lowest BCUT2D eigenvalue weighted by atomic mass is 10.1. The van der Waals surface area contributed by atoms with Gasteiger partial charge in [-0.1, -0.05) is 6.07 Å². The van der Waals surface area contributed by atoms with Crippen LogP contribution < -0.4 is 4.90 Å². The van der Waals surface area contributed by atoms with E-state index in [1.165, 1.54) is 12.1 Å². The lowest BCUT2D eigenvalue weighted by Gasteiger charge is -2.35. The number of carbonyl (C=O) groups is 2. The standard InChI is InChI=1S/C20H29N5O4/c1-3-23(4-2)19(26)14-21-9-11-22(12-10-21)15-20(27)24-8-7-16-5-6-17(25(28)29)13-18(16)24/h5-6,13H,3-4,7-12,14-15H2,1-2H3. The third kappa shape index (κ3) is 4.91. The van der Waals surface area contributed by atoms with Crippen LogP contribution in [0.2, 0.25) is 0 Å². The summed E-state index contributed by atoms with van der Waals surface area (Å²) >= 11 is 0. The minimum absolute atomic E-state index is 0.00920. The highest BCUT2D eigenvalue weighted by molar-refractivity contribution is 5.97. The number of nitro groups is 1. The fourth-order valence-electron chi connectivity index (χ4n) is 3.99. The van der Waals surface area contributed by atoms with Gasteiger partial charge >= 0.3 is 0 Å². The maximum atomic E-state index is 12.8. The van der Waals surface area contributed by atoms with Crippen molar-refractivity contribution in [2.45, 2.75) is 20.3 Å². The van der Waals surface area contributed by atoms with Crippen molar-refractivity contribution in [1.29, 1.82) is 0 Å². The third-order valence-electron chi connectivity index (χ3n) is 5.78. The summed E-state index contributed by atoms with van der Waals surface area (Å²) in [5.74, 6) is 0.117. The zero-order valence-corrected chi connectivity index (χ0v) is 17.2. The first kappa shape index (κ1) is 21.2. The Labute approximate surface area is 171 Å². The molecule has 158 valence electrons. The largest absolute Gasteiger partial charge is 0.342 e. The molecular weight excluding hydrogens is 374 g/mol. The van der Waals surface area contributed by atoms with Crippen molar-refractivity contribution >= 4 is 23.2 Å². The summed E-state index contributed by atoms with van der Waals surface area (Å²) in [6.07, 6.45) is 0.723. The van der Waals surface area contributed by atoms with Gasteiger partial charge in [0.25, 0.3) is 5.69 Å². The van der Waals surface area contributed by atoms with Crippen molar-refractivity contribution in [2.24, 2.45) is 0 Å². The van der Waals surface area contributed by atoms with Crippen molar-refractivity contribution in [3.05, 3.63) is 33.9 Å². The summed E-state index contributed by atoms with van der Waals surface area (Å²) in [4.78, 5) is 43.4. The van der Waals surface area contributed by atoms with E-state index in [9.17, 15) is 19.7 Å². The summed E-state index contributed by atoms with van der Waals surface area (Å²) in [7, 11) is 0. The number of hydrogen-bond donors (Lipinski definition) is 0. The number of nitro benzene ring substituents is 1. The van der Waals surface area contributed by atoms with Gasteiger partial charge in [-0.05, 0) is 25.8 Å². The molecule has 0 aliphatic carbocycles. The molecule has 9 nitrogen and oxygen atoms in total. The second-order valence-electron chi connectivity index (χ2n) is 7.48. The van der Waals surface area contributed by atoms with E-state index in [0.717, 1.165) is 51.3 Å². The number of fused-ring (bicyclic) bond motifs is 1. The number of piperazine rings is 1. The average molecular weight is 403 g/mol. The van der Waals surface area contributed by atoms with Crippen molar-refractivity contribution in [3.8, 4) is 0 Å². The molecule has 29 heavy (non-hydrogen) atoms. The van der Waals surface area contributed by atoms with Crippen molar-refractivity contribution in [3.63, 3.8) is 0 Å². The Bertz CT molecular complexity index is 772. The molecule has 1 saturated heterocycles. The number of anilines is 1. The fourth-order valence-corrected chi connectivity index (χ4v) is 3.99.